The SMILES string of the molecule is CC(C)CN=C(N)NCC(C)Oc1ccccc1. The predicted octanol–water partition coefficient (Wildman–Crippen LogP) is 2.01. The summed E-state index contributed by atoms with van der Waals surface area (Å²) in [4.78, 5) is 4.23. The van der Waals surface area contributed by atoms with Crippen LogP contribution in [-0.4, -0.2) is 25.2 Å². The van der Waals surface area contributed by atoms with E-state index in [0.29, 0.717) is 18.4 Å². The summed E-state index contributed by atoms with van der Waals surface area (Å²) < 4.78 is 5.72. The molecule has 4 heteroatoms. The topological polar surface area (TPSA) is 59.6 Å². The Hall–Kier alpha value is -1.71. The van der Waals surface area contributed by atoms with Gasteiger partial charge in [-0.15, -0.1) is 0 Å². The van der Waals surface area contributed by atoms with E-state index in [-0.39, 0.29) is 6.10 Å². The van der Waals surface area contributed by atoms with E-state index in [1.807, 2.05) is 37.3 Å². The van der Waals surface area contributed by atoms with E-state index in [1.54, 1.807) is 0 Å². The molecule has 0 amide bonds. The molecule has 1 unspecified atom stereocenters. The second kappa shape index (κ2) is 7.58. The molecule has 0 saturated carbocycles. The van der Waals surface area contributed by atoms with Gasteiger partial charge in [-0.1, -0.05) is 32.0 Å². The van der Waals surface area contributed by atoms with Crippen LogP contribution in [0, 0.1) is 5.92 Å². The first-order valence-electron chi connectivity index (χ1n) is 6.33. The fourth-order valence-electron chi connectivity index (χ4n) is 1.36. The molecular formula is C14H23N3O. The Balaban J connectivity index is 2.29. The summed E-state index contributed by atoms with van der Waals surface area (Å²) in [7, 11) is 0. The van der Waals surface area contributed by atoms with Crippen molar-refractivity contribution in [3.63, 3.8) is 0 Å². The summed E-state index contributed by atoms with van der Waals surface area (Å²) in [5.74, 6) is 1.86. The number of ether oxygens (including phenoxy) is 1. The van der Waals surface area contributed by atoms with Gasteiger partial charge in [0.1, 0.15) is 11.9 Å². The highest BCUT2D eigenvalue weighted by molar-refractivity contribution is 5.77. The second-order valence-electron chi connectivity index (χ2n) is 4.74. The maximum atomic E-state index is 5.75. The van der Waals surface area contributed by atoms with Crippen LogP contribution in [-0.2, 0) is 0 Å². The van der Waals surface area contributed by atoms with Crippen LogP contribution in [0.1, 0.15) is 20.8 Å². The first-order valence-corrected chi connectivity index (χ1v) is 6.33. The third-order valence-corrected chi connectivity index (χ3v) is 2.28. The van der Waals surface area contributed by atoms with Crippen LogP contribution in [0.5, 0.6) is 5.75 Å². The zero-order valence-electron chi connectivity index (χ0n) is 11.4. The Labute approximate surface area is 109 Å². The molecule has 1 atom stereocenters. The van der Waals surface area contributed by atoms with Crippen LogP contribution in [0.25, 0.3) is 0 Å². The van der Waals surface area contributed by atoms with E-state index in [1.165, 1.54) is 0 Å². The normalized spacial score (nSPS) is 13.4. The van der Waals surface area contributed by atoms with Crippen LogP contribution < -0.4 is 15.8 Å². The highest BCUT2D eigenvalue weighted by Gasteiger charge is 2.03. The summed E-state index contributed by atoms with van der Waals surface area (Å²) in [6, 6.07) is 9.74. The number of aliphatic imine (C=N–C) groups is 1. The molecule has 18 heavy (non-hydrogen) atoms. The molecule has 0 saturated heterocycles. The number of nitrogens with one attached hydrogen (secondary N) is 1. The number of hydrogen-bond acceptors (Lipinski definition) is 2. The lowest BCUT2D eigenvalue weighted by molar-refractivity contribution is 0.224. The van der Waals surface area contributed by atoms with Crippen LogP contribution in [0.2, 0.25) is 0 Å². The van der Waals surface area contributed by atoms with Crippen molar-refractivity contribution < 1.29 is 4.74 Å². The predicted molar refractivity (Wildman–Crippen MR) is 75.9 cm³/mol. The van der Waals surface area contributed by atoms with E-state index >= 15 is 0 Å². The molecule has 0 aliphatic rings. The smallest absolute Gasteiger partial charge is 0.188 e. The fraction of sp³-hybridized carbons (Fsp3) is 0.500. The molecule has 1 aromatic rings. The minimum Gasteiger partial charge on any atom is -0.489 e. The van der Waals surface area contributed by atoms with Crippen molar-refractivity contribution in [1.82, 2.24) is 5.32 Å². The van der Waals surface area contributed by atoms with Gasteiger partial charge < -0.3 is 15.8 Å². The van der Waals surface area contributed by atoms with Gasteiger partial charge in [-0.05, 0) is 25.0 Å². The number of hydrogen-bond donors (Lipinski definition) is 2. The number of rotatable bonds is 6. The summed E-state index contributed by atoms with van der Waals surface area (Å²) >= 11 is 0. The number of nitrogens with two attached hydrogens (primary N) is 1. The average Bonchev–Trinajstić information content (AvgIpc) is 2.35. The largest absolute Gasteiger partial charge is 0.489 e. The van der Waals surface area contributed by atoms with Gasteiger partial charge in [0.2, 0.25) is 0 Å². The molecule has 0 aliphatic heterocycles. The van der Waals surface area contributed by atoms with E-state index in [9.17, 15) is 0 Å². The molecule has 0 fully saturated rings. The molecule has 0 aromatic heterocycles. The van der Waals surface area contributed by atoms with Crippen LogP contribution in [0.3, 0.4) is 0 Å². The number of nitrogens with zero attached hydrogens (tertiary/aromatic N) is 1. The molecule has 0 bridgehead atoms. The molecule has 0 spiro atoms. The first kappa shape index (κ1) is 14.4. The van der Waals surface area contributed by atoms with Gasteiger partial charge in [0.25, 0.3) is 0 Å². The molecule has 0 aliphatic carbocycles. The van der Waals surface area contributed by atoms with Crippen molar-refractivity contribution in [2.75, 3.05) is 13.1 Å². The fourth-order valence-corrected chi connectivity index (χ4v) is 1.36. The zero-order valence-corrected chi connectivity index (χ0v) is 11.4. The van der Waals surface area contributed by atoms with Crippen molar-refractivity contribution >= 4 is 5.96 Å². The van der Waals surface area contributed by atoms with E-state index < -0.39 is 0 Å². The Morgan fingerprint density at radius 2 is 1.94 bits per heavy atom. The molecule has 1 aromatic carbocycles. The lowest BCUT2D eigenvalue weighted by atomic mass is 10.2. The summed E-state index contributed by atoms with van der Waals surface area (Å²) in [5.41, 5.74) is 5.75. The first-order chi connectivity index (χ1) is 8.58. The van der Waals surface area contributed by atoms with Gasteiger partial charge in [-0.3, -0.25) is 4.99 Å². The minimum absolute atomic E-state index is 0.0419. The van der Waals surface area contributed by atoms with E-state index in [2.05, 4.69) is 24.2 Å². The monoisotopic (exact) mass is 249 g/mol. The van der Waals surface area contributed by atoms with E-state index in [0.717, 1.165) is 12.3 Å². The minimum atomic E-state index is 0.0419. The van der Waals surface area contributed by atoms with Crippen molar-refractivity contribution in [2.45, 2.75) is 26.9 Å². The van der Waals surface area contributed by atoms with Crippen molar-refractivity contribution in [3.05, 3.63) is 30.3 Å². The van der Waals surface area contributed by atoms with Gasteiger partial charge in [0.15, 0.2) is 5.96 Å². The Morgan fingerprint density at radius 1 is 1.28 bits per heavy atom. The lowest BCUT2D eigenvalue weighted by Gasteiger charge is -2.15. The standard InChI is InChI=1S/C14H23N3O/c1-11(2)9-16-14(15)17-10-12(3)18-13-7-5-4-6-8-13/h4-8,11-12H,9-10H2,1-3H3,(H3,15,16,17). The molecule has 0 radical (unpaired) electrons. The molecule has 100 valence electrons. The van der Waals surface area contributed by atoms with Crippen LogP contribution in [0.4, 0.5) is 0 Å². The summed E-state index contributed by atoms with van der Waals surface area (Å²) in [6.07, 6.45) is 0.0419. The van der Waals surface area contributed by atoms with Crippen molar-refractivity contribution in [3.8, 4) is 5.75 Å². The van der Waals surface area contributed by atoms with Gasteiger partial charge in [0.05, 0.1) is 6.54 Å². The average molecular weight is 249 g/mol. The molecular weight excluding hydrogens is 226 g/mol. The third-order valence-electron chi connectivity index (χ3n) is 2.28. The van der Waals surface area contributed by atoms with Crippen LogP contribution in [0.15, 0.2) is 35.3 Å². The third kappa shape index (κ3) is 6.13. The second-order valence-corrected chi connectivity index (χ2v) is 4.74. The quantitative estimate of drug-likeness (QED) is 0.599. The van der Waals surface area contributed by atoms with Crippen molar-refractivity contribution in [1.29, 1.82) is 0 Å². The Bertz CT molecular complexity index is 363. The van der Waals surface area contributed by atoms with Gasteiger partial charge in [-0.25, -0.2) is 0 Å². The summed E-state index contributed by atoms with van der Waals surface area (Å²) in [6.45, 7) is 7.60. The number of benzene rings is 1. The molecule has 0 heterocycles. The maximum Gasteiger partial charge on any atom is 0.188 e. The summed E-state index contributed by atoms with van der Waals surface area (Å²) in [5, 5.41) is 3.06. The highest BCUT2D eigenvalue weighted by atomic mass is 16.5. The molecule has 1 rings (SSSR count). The Kier molecular flexibility index (Phi) is 6.05. The lowest BCUT2D eigenvalue weighted by Crippen LogP contribution is -2.38. The van der Waals surface area contributed by atoms with Gasteiger partial charge >= 0.3 is 0 Å². The van der Waals surface area contributed by atoms with Gasteiger partial charge in [-0.2, -0.15) is 0 Å². The molecule has 3 N–H and O–H groups in total. The van der Waals surface area contributed by atoms with E-state index in [4.69, 9.17) is 10.5 Å². The number of para-hydroxylation sites is 1. The van der Waals surface area contributed by atoms with Crippen molar-refractivity contribution in [2.24, 2.45) is 16.6 Å². The number of guanidine groups is 1. The maximum absolute atomic E-state index is 5.75. The molecule has 4 nitrogen and oxygen atoms in total. The van der Waals surface area contributed by atoms with Crippen LogP contribution >= 0.6 is 0 Å². The Morgan fingerprint density at radius 3 is 2.56 bits per heavy atom. The van der Waals surface area contributed by atoms with Gasteiger partial charge in [0, 0.05) is 6.54 Å². The zero-order chi connectivity index (χ0) is 13.4. The highest BCUT2D eigenvalue weighted by Crippen LogP contribution is 2.10.